The molecule has 0 aliphatic carbocycles. The highest BCUT2D eigenvalue weighted by molar-refractivity contribution is 5.85. The molecule has 0 radical (unpaired) electrons. The van der Waals surface area contributed by atoms with E-state index in [-0.39, 0.29) is 30.3 Å². The molecule has 0 saturated carbocycles. The fourth-order valence-electron chi connectivity index (χ4n) is 2.65. The van der Waals surface area contributed by atoms with Crippen LogP contribution in [0, 0.1) is 6.92 Å². The number of hydrogen-bond acceptors (Lipinski definition) is 2. The number of aryl methyl sites for hydroxylation is 1. The number of likely N-dealkylation sites (tertiary alicyclic amines) is 1. The van der Waals surface area contributed by atoms with E-state index >= 15 is 0 Å². The molecule has 106 valence electrons. The molecule has 4 heteroatoms. The smallest absolute Gasteiger partial charge is 0.223 e. The van der Waals surface area contributed by atoms with E-state index in [1.165, 1.54) is 11.1 Å². The Bertz CT molecular complexity index is 436. The van der Waals surface area contributed by atoms with Crippen molar-refractivity contribution >= 4 is 18.3 Å². The van der Waals surface area contributed by atoms with Crippen molar-refractivity contribution in [1.29, 1.82) is 0 Å². The highest BCUT2D eigenvalue weighted by Crippen LogP contribution is 2.23. The first-order valence-corrected chi connectivity index (χ1v) is 6.67. The van der Waals surface area contributed by atoms with Gasteiger partial charge in [-0.05, 0) is 30.4 Å². The molecule has 1 amide bonds. The van der Waals surface area contributed by atoms with E-state index in [1.807, 2.05) is 17.0 Å². The molecule has 1 aromatic rings. The summed E-state index contributed by atoms with van der Waals surface area (Å²) >= 11 is 0. The summed E-state index contributed by atoms with van der Waals surface area (Å²) in [5, 5.41) is 0. The number of rotatable bonds is 3. The summed E-state index contributed by atoms with van der Waals surface area (Å²) in [5.41, 5.74) is 8.37. The van der Waals surface area contributed by atoms with Gasteiger partial charge in [-0.2, -0.15) is 0 Å². The van der Waals surface area contributed by atoms with Crippen molar-refractivity contribution in [1.82, 2.24) is 4.90 Å². The normalized spacial score (nSPS) is 19.9. The highest BCUT2D eigenvalue weighted by Gasteiger charge is 2.25. The summed E-state index contributed by atoms with van der Waals surface area (Å²) in [4.78, 5) is 14.1. The predicted molar refractivity (Wildman–Crippen MR) is 80.6 cm³/mol. The second kappa shape index (κ2) is 6.92. The zero-order valence-electron chi connectivity index (χ0n) is 11.6. The van der Waals surface area contributed by atoms with Gasteiger partial charge in [0.15, 0.2) is 0 Å². The van der Waals surface area contributed by atoms with Crippen molar-refractivity contribution in [2.24, 2.45) is 5.73 Å². The monoisotopic (exact) mass is 282 g/mol. The lowest BCUT2D eigenvalue weighted by atomic mass is 9.93. The molecule has 0 aromatic heterocycles. The van der Waals surface area contributed by atoms with Gasteiger partial charge in [-0.1, -0.05) is 31.2 Å². The van der Waals surface area contributed by atoms with Crippen molar-refractivity contribution in [3.05, 3.63) is 35.4 Å². The van der Waals surface area contributed by atoms with E-state index < -0.39 is 0 Å². The molecule has 2 rings (SSSR count). The molecule has 1 saturated heterocycles. The standard InChI is InChI=1S/C15H22N2O.ClH/c1-11-5-3-4-6-14(11)12(2)9-15(18)17-8-7-13(16)10-17;/h3-6,12-13H,7-10,16H2,1-2H3;1H/t12?,13-;/m1./s1. The molecule has 19 heavy (non-hydrogen) atoms. The van der Waals surface area contributed by atoms with Gasteiger partial charge in [0, 0.05) is 25.6 Å². The van der Waals surface area contributed by atoms with Crippen LogP contribution in [0.5, 0.6) is 0 Å². The molecule has 0 bridgehead atoms. The molecular formula is C15H23ClN2O. The Morgan fingerprint density at radius 2 is 2.16 bits per heavy atom. The highest BCUT2D eigenvalue weighted by atomic mass is 35.5. The summed E-state index contributed by atoms with van der Waals surface area (Å²) in [5.74, 6) is 0.509. The lowest BCUT2D eigenvalue weighted by Crippen LogP contribution is -2.32. The van der Waals surface area contributed by atoms with Gasteiger partial charge < -0.3 is 10.6 Å². The van der Waals surface area contributed by atoms with E-state index in [9.17, 15) is 4.79 Å². The number of carbonyl (C=O) groups excluding carboxylic acids is 1. The molecule has 2 N–H and O–H groups in total. The second-order valence-corrected chi connectivity index (χ2v) is 5.35. The number of nitrogens with zero attached hydrogens (tertiary/aromatic N) is 1. The fraction of sp³-hybridized carbons (Fsp3) is 0.533. The van der Waals surface area contributed by atoms with Gasteiger partial charge in [-0.25, -0.2) is 0 Å². The number of nitrogens with two attached hydrogens (primary N) is 1. The van der Waals surface area contributed by atoms with E-state index in [1.54, 1.807) is 0 Å². The van der Waals surface area contributed by atoms with Crippen LogP contribution in [-0.4, -0.2) is 29.9 Å². The Kier molecular flexibility index (Phi) is 5.83. The van der Waals surface area contributed by atoms with Gasteiger partial charge in [0.2, 0.25) is 5.91 Å². The van der Waals surface area contributed by atoms with Crippen molar-refractivity contribution in [2.45, 2.75) is 38.6 Å². The van der Waals surface area contributed by atoms with Gasteiger partial charge >= 0.3 is 0 Å². The van der Waals surface area contributed by atoms with Gasteiger partial charge in [-0.15, -0.1) is 12.4 Å². The third-order valence-corrected chi connectivity index (χ3v) is 3.78. The largest absolute Gasteiger partial charge is 0.341 e. The number of halogens is 1. The van der Waals surface area contributed by atoms with E-state index in [0.717, 1.165) is 19.5 Å². The Morgan fingerprint density at radius 3 is 2.74 bits per heavy atom. The first-order chi connectivity index (χ1) is 8.58. The molecule has 3 nitrogen and oxygen atoms in total. The minimum atomic E-state index is 0. The third kappa shape index (κ3) is 3.95. The van der Waals surface area contributed by atoms with Crippen molar-refractivity contribution < 1.29 is 4.79 Å². The fourth-order valence-corrected chi connectivity index (χ4v) is 2.65. The summed E-state index contributed by atoms with van der Waals surface area (Å²) in [6, 6.07) is 8.45. The Labute approximate surface area is 121 Å². The first kappa shape index (κ1) is 16.0. The van der Waals surface area contributed by atoms with Gasteiger partial charge in [-0.3, -0.25) is 4.79 Å². The summed E-state index contributed by atoms with van der Waals surface area (Å²) in [6.07, 6.45) is 1.52. The Morgan fingerprint density at radius 1 is 1.47 bits per heavy atom. The molecule has 1 aliphatic rings. The summed E-state index contributed by atoms with van der Waals surface area (Å²) in [6.45, 7) is 5.76. The number of hydrogen-bond donors (Lipinski definition) is 1. The van der Waals surface area contributed by atoms with Gasteiger partial charge in [0.25, 0.3) is 0 Å². The topological polar surface area (TPSA) is 46.3 Å². The minimum absolute atomic E-state index is 0. The zero-order valence-corrected chi connectivity index (χ0v) is 12.5. The van der Waals surface area contributed by atoms with Crippen LogP contribution in [0.3, 0.4) is 0 Å². The molecule has 1 aliphatic heterocycles. The van der Waals surface area contributed by atoms with E-state index in [4.69, 9.17) is 5.73 Å². The Hall–Kier alpha value is -1.06. The molecule has 2 atom stereocenters. The van der Waals surface area contributed by atoms with Crippen molar-refractivity contribution in [3.63, 3.8) is 0 Å². The van der Waals surface area contributed by atoms with Crippen LogP contribution >= 0.6 is 12.4 Å². The van der Waals surface area contributed by atoms with Crippen molar-refractivity contribution in [3.8, 4) is 0 Å². The number of amides is 1. The number of carbonyl (C=O) groups is 1. The van der Waals surface area contributed by atoms with Crippen LogP contribution in [0.1, 0.15) is 36.8 Å². The predicted octanol–water partition coefficient (Wildman–Crippen LogP) is 2.47. The van der Waals surface area contributed by atoms with E-state index in [2.05, 4.69) is 26.0 Å². The lowest BCUT2D eigenvalue weighted by molar-refractivity contribution is -0.130. The van der Waals surface area contributed by atoms with Gasteiger partial charge in [0.05, 0.1) is 0 Å². The summed E-state index contributed by atoms with van der Waals surface area (Å²) < 4.78 is 0. The molecule has 1 heterocycles. The maximum Gasteiger partial charge on any atom is 0.223 e. The quantitative estimate of drug-likeness (QED) is 0.926. The van der Waals surface area contributed by atoms with E-state index in [0.29, 0.717) is 6.42 Å². The minimum Gasteiger partial charge on any atom is -0.341 e. The van der Waals surface area contributed by atoms with Gasteiger partial charge in [0.1, 0.15) is 0 Å². The van der Waals surface area contributed by atoms with Crippen LogP contribution in [0.25, 0.3) is 0 Å². The van der Waals surface area contributed by atoms with Crippen LogP contribution in [0.4, 0.5) is 0 Å². The van der Waals surface area contributed by atoms with Crippen LogP contribution in [-0.2, 0) is 4.79 Å². The maximum atomic E-state index is 12.2. The molecule has 1 fully saturated rings. The maximum absolute atomic E-state index is 12.2. The summed E-state index contributed by atoms with van der Waals surface area (Å²) in [7, 11) is 0. The SMILES string of the molecule is Cc1ccccc1C(C)CC(=O)N1CC[C@@H](N)C1.Cl. The first-order valence-electron chi connectivity index (χ1n) is 6.67. The second-order valence-electron chi connectivity index (χ2n) is 5.35. The lowest BCUT2D eigenvalue weighted by Gasteiger charge is -2.20. The van der Waals surface area contributed by atoms with Crippen LogP contribution < -0.4 is 5.73 Å². The molecule has 1 unspecified atom stereocenters. The third-order valence-electron chi connectivity index (χ3n) is 3.78. The Balaban J connectivity index is 0.00000180. The average Bonchev–Trinajstić information content (AvgIpc) is 2.76. The average molecular weight is 283 g/mol. The van der Waals surface area contributed by atoms with Crippen LogP contribution in [0.15, 0.2) is 24.3 Å². The molecule has 0 spiro atoms. The molecule has 1 aromatic carbocycles. The number of benzene rings is 1. The zero-order chi connectivity index (χ0) is 13.1. The van der Waals surface area contributed by atoms with Crippen LogP contribution in [0.2, 0.25) is 0 Å². The molecular weight excluding hydrogens is 260 g/mol. The van der Waals surface area contributed by atoms with Crippen molar-refractivity contribution in [2.75, 3.05) is 13.1 Å².